The van der Waals surface area contributed by atoms with Crippen LogP contribution in [0.5, 0.6) is 0 Å². The van der Waals surface area contributed by atoms with Crippen LogP contribution in [-0.4, -0.2) is 17.7 Å². The first-order chi connectivity index (χ1) is 8.32. The molecule has 0 amide bonds. The van der Waals surface area contributed by atoms with E-state index in [-0.39, 0.29) is 6.04 Å². The summed E-state index contributed by atoms with van der Waals surface area (Å²) in [4.78, 5) is 0. The molecule has 0 spiro atoms. The fourth-order valence-corrected chi connectivity index (χ4v) is 3.18. The van der Waals surface area contributed by atoms with Crippen molar-refractivity contribution in [3.63, 3.8) is 0 Å². The molecule has 1 aromatic rings. The maximum absolute atomic E-state index is 11.2. The molecule has 92 valence electrons. The third kappa shape index (κ3) is 2.00. The highest BCUT2D eigenvalue weighted by Crippen LogP contribution is 2.49. The number of aliphatic hydroxyl groups is 1. The van der Waals surface area contributed by atoms with Gasteiger partial charge in [0.15, 0.2) is 0 Å². The van der Waals surface area contributed by atoms with E-state index < -0.39 is 5.60 Å². The van der Waals surface area contributed by atoms with Gasteiger partial charge in [0.25, 0.3) is 0 Å². The molecule has 2 unspecified atom stereocenters. The fourth-order valence-electron chi connectivity index (χ4n) is 3.18. The average Bonchev–Trinajstić information content (AvgIpc) is 3.24. The van der Waals surface area contributed by atoms with Gasteiger partial charge in [0.05, 0.1) is 0 Å². The van der Waals surface area contributed by atoms with Gasteiger partial charge < -0.3 is 10.4 Å². The molecule has 0 bridgehead atoms. The van der Waals surface area contributed by atoms with Gasteiger partial charge in [-0.25, -0.2) is 0 Å². The Labute approximate surface area is 103 Å². The molecule has 1 saturated carbocycles. The van der Waals surface area contributed by atoms with E-state index in [1.54, 1.807) is 0 Å². The molecule has 17 heavy (non-hydrogen) atoms. The van der Waals surface area contributed by atoms with Crippen LogP contribution >= 0.6 is 0 Å². The van der Waals surface area contributed by atoms with Crippen LogP contribution in [0.1, 0.15) is 37.7 Å². The SMILES string of the molecule is OC(c1ccccc1)(C1CC1)C1CCCCN1. The highest BCUT2D eigenvalue weighted by Gasteiger charge is 2.50. The lowest BCUT2D eigenvalue weighted by Gasteiger charge is -2.40. The van der Waals surface area contributed by atoms with Crippen molar-refractivity contribution in [2.45, 2.75) is 43.7 Å². The summed E-state index contributed by atoms with van der Waals surface area (Å²) in [6.07, 6.45) is 5.92. The number of nitrogens with one attached hydrogen (secondary N) is 1. The summed E-state index contributed by atoms with van der Waals surface area (Å²) >= 11 is 0. The topological polar surface area (TPSA) is 32.3 Å². The minimum absolute atomic E-state index is 0.242. The highest BCUT2D eigenvalue weighted by atomic mass is 16.3. The van der Waals surface area contributed by atoms with Gasteiger partial charge >= 0.3 is 0 Å². The molecule has 0 radical (unpaired) electrons. The van der Waals surface area contributed by atoms with Crippen molar-refractivity contribution < 1.29 is 5.11 Å². The van der Waals surface area contributed by atoms with Crippen LogP contribution in [0.25, 0.3) is 0 Å². The number of hydrogen-bond donors (Lipinski definition) is 2. The van der Waals surface area contributed by atoms with Crippen molar-refractivity contribution >= 4 is 0 Å². The van der Waals surface area contributed by atoms with E-state index in [1.165, 1.54) is 25.7 Å². The minimum Gasteiger partial charge on any atom is -0.383 e. The Balaban J connectivity index is 1.92. The molecule has 2 atom stereocenters. The van der Waals surface area contributed by atoms with Crippen LogP contribution in [0, 0.1) is 5.92 Å². The summed E-state index contributed by atoms with van der Waals surface area (Å²) in [5.41, 5.74) is 0.462. The van der Waals surface area contributed by atoms with Gasteiger partial charge in [0.1, 0.15) is 5.60 Å². The van der Waals surface area contributed by atoms with E-state index in [1.807, 2.05) is 18.2 Å². The van der Waals surface area contributed by atoms with Crippen LogP contribution in [0.4, 0.5) is 0 Å². The Hall–Kier alpha value is -0.860. The molecule has 1 heterocycles. The third-order valence-corrected chi connectivity index (χ3v) is 4.28. The van der Waals surface area contributed by atoms with Crippen molar-refractivity contribution in [1.29, 1.82) is 0 Å². The van der Waals surface area contributed by atoms with Crippen molar-refractivity contribution in [3.8, 4) is 0 Å². The quantitative estimate of drug-likeness (QED) is 0.837. The van der Waals surface area contributed by atoms with E-state index in [9.17, 15) is 5.11 Å². The Morgan fingerprint density at radius 2 is 1.82 bits per heavy atom. The van der Waals surface area contributed by atoms with Gasteiger partial charge in [-0.1, -0.05) is 36.8 Å². The minimum atomic E-state index is -0.637. The molecule has 1 aliphatic heterocycles. The molecule has 1 aliphatic carbocycles. The largest absolute Gasteiger partial charge is 0.383 e. The molecule has 2 fully saturated rings. The summed E-state index contributed by atoms with van der Waals surface area (Å²) in [6, 6.07) is 10.5. The van der Waals surface area contributed by atoms with Gasteiger partial charge in [0.2, 0.25) is 0 Å². The van der Waals surface area contributed by atoms with Gasteiger partial charge in [0, 0.05) is 6.04 Å². The van der Waals surface area contributed by atoms with Gasteiger partial charge in [-0.2, -0.15) is 0 Å². The van der Waals surface area contributed by atoms with Crippen molar-refractivity contribution in [2.75, 3.05) is 6.54 Å². The number of benzene rings is 1. The second kappa shape index (κ2) is 4.43. The zero-order valence-electron chi connectivity index (χ0n) is 10.2. The second-order valence-corrected chi connectivity index (χ2v) is 5.47. The molecule has 2 aliphatic rings. The lowest BCUT2D eigenvalue weighted by Crippen LogP contribution is -2.52. The van der Waals surface area contributed by atoms with Crippen LogP contribution in [0.3, 0.4) is 0 Å². The molecule has 1 saturated heterocycles. The maximum Gasteiger partial charge on any atom is 0.108 e. The van der Waals surface area contributed by atoms with Gasteiger partial charge in [-0.3, -0.25) is 0 Å². The summed E-state index contributed by atoms with van der Waals surface area (Å²) in [5, 5.41) is 14.7. The summed E-state index contributed by atoms with van der Waals surface area (Å²) < 4.78 is 0. The molecular weight excluding hydrogens is 210 g/mol. The van der Waals surface area contributed by atoms with Crippen molar-refractivity contribution in [1.82, 2.24) is 5.32 Å². The summed E-state index contributed by atoms with van der Waals surface area (Å²) in [7, 11) is 0. The molecule has 2 N–H and O–H groups in total. The van der Waals surface area contributed by atoms with Crippen molar-refractivity contribution in [2.24, 2.45) is 5.92 Å². The van der Waals surface area contributed by atoms with Crippen LogP contribution < -0.4 is 5.32 Å². The molecule has 1 aromatic carbocycles. The smallest absolute Gasteiger partial charge is 0.108 e. The average molecular weight is 231 g/mol. The molecule has 3 rings (SSSR count). The van der Waals surface area contributed by atoms with Crippen molar-refractivity contribution in [3.05, 3.63) is 35.9 Å². The van der Waals surface area contributed by atoms with E-state index in [0.717, 1.165) is 18.5 Å². The lowest BCUT2D eigenvalue weighted by molar-refractivity contribution is -0.0331. The van der Waals surface area contributed by atoms with Gasteiger partial charge in [-0.15, -0.1) is 0 Å². The summed E-state index contributed by atoms with van der Waals surface area (Å²) in [6.45, 7) is 1.05. The zero-order chi connectivity index (χ0) is 11.7. The fraction of sp³-hybridized carbons (Fsp3) is 0.600. The first kappa shape index (κ1) is 11.2. The zero-order valence-corrected chi connectivity index (χ0v) is 10.2. The molecule has 2 heteroatoms. The Kier molecular flexibility index (Phi) is 2.93. The predicted octanol–water partition coefficient (Wildman–Crippen LogP) is 2.43. The monoisotopic (exact) mass is 231 g/mol. The number of hydrogen-bond acceptors (Lipinski definition) is 2. The number of piperidine rings is 1. The standard InChI is InChI=1S/C15H21NO/c17-15(13-9-10-13,12-6-2-1-3-7-12)14-8-4-5-11-16-14/h1-3,6-7,13-14,16-17H,4-5,8-11H2. The number of rotatable bonds is 3. The van der Waals surface area contributed by atoms with E-state index >= 15 is 0 Å². The van der Waals surface area contributed by atoms with Crippen LogP contribution in [0.2, 0.25) is 0 Å². The van der Waals surface area contributed by atoms with E-state index in [2.05, 4.69) is 17.4 Å². The van der Waals surface area contributed by atoms with Gasteiger partial charge in [-0.05, 0) is 43.7 Å². The van der Waals surface area contributed by atoms with E-state index in [0.29, 0.717) is 5.92 Å². The highest BCUT2D eigenvalue weighted by molar-refractivity contribution is 5.27. The maximum atomic E-state index is 11.2. The predicted molar refractivity (Wildman–Crippen MR) is 68.7 cm³/mol. The summed E-state index contributed by atoms with van der Waals surface area (Å²) in [5.74, 6) is 0.459. The third-order valence-electron chi connectivity index (χ3n) is 4.28. The first-order valence-corrected chi connectivity index (χ1v) is 6.83. The van der Waals surface area contributed by atoms with E-state index in [4.69, 9.17) is 0 Å². The Morgan fingerprint density at radius 1 is 1.06 bits per heavy atom. The normalized spacial score (nSPS) is 28.6. The first-order valence-electron chi connectivity index (χ1n) is 6.83. The molecular formula is C15H21NO. The molecule has 0 aromatic heterocycles. The van der Waals surface area contributed by atoms with Crippen LogP contribution in [-0.2, 0) is 5.60 Å². The Bertz CT molecular complexity index is 368. The molecule has 2 nitrogen and oxygen atoms in total. The lowest BCUT2D eigenvalue weighted by atomic mass is 9.78. The second-order valence-electron chi connectivity index (χ2n) is 5.47. The van der Waals surface area contributed by atoms with Crippen LogP contribution in [0.15, 0.2) is 30.3 Å². The Morgan fingerprint density at radius 3 is 2.41 bits per heavy atom.